The molecule has 0 unspecified atom stereocenters. The van der Waals surface area contributed by atoms with E-state index in [0.717, 1.165) is 16.7 Å². The predicted molar refractivity (Wildman–Crippen MR) is 70.2 cm³/mol. The first-order valence-electron chi connectivity index (χ1n) is 5.88. The minimum absolute atomic E-state index is 0.232. The number of rotatable bonds is 4. The third kappa shape index (κ3) is 2.62. The van der Waals surface area contributed by atoms with Gasteiger partial charge in [0.15, 0.2) is 0 Å². The Morgan fingerprint density at radius 1 is 1.17 bits per heavy atom. The van der Waals surface area contributed by atoms with Gasteiger partial charge in [0.2, 0.25) is 12.2 Å². The number of nitrogens with zero attached hydrogens (tertiary/aromatic N) is 2. The molecule has 94 valence electrons. The number of isocyanates is 2. The van der Waals surface area contributed by atoms with E-state index in [-0.39, 0.29) is 5.92 Å². The van der Waals surface area contributed by atoms with Crippen molar-refractivity contribution < 1.29 is 9.59 Å². The molecule has 4 heteroatoms. The number of hydrogen-bond donors (Lipinski definition) is 0. The second-order valence-electron chi connectivity index (χ2n) is 4.37. The van der Waals surface area contributed by atoms with Crippen molar-refractivity contribution in [2.45, 2.75) is 40.0 Å². The maximum absolute atomic E-state index is 10.6. The summed E-state index contributed by atoms with van der Waals surface area (Å²) in [5.41, 5.74) is 3.81. The number of benzene rings is 1. The summed E-state index contributed by atoms with van der Waals surface area (Å²) in [6.45, 7) is 7.88. The fourth-order valence-corrected chi connectivity index (χ4v) is 2.05. The molecular formula is C14H16N2O2. The van der Waals surface area contributed by atoms with Crippen LogP contribution in [-0.4, -0.2) is 12.2 Å². The lowest BCUT2D eigenvalue weighted by molar-refractivity contribution is 0.564. The van der Waals surface area contributed by atoms with Crippen molar-refractivity contribution in [2.75, 3.05) is 0 Å². The first kappa shape index (κ1) is 14.0. The number of hydrogen-bond acceptors (Lipinski definition) is 4. The van der Waals surface area contributed by atoms with E-state index >= 15 is 0 Å². The SMILES string of the molecule is CCc1c(N=C=O)c(C)cc(C(C)C)c1N=C=O. The van der Waals surface area contributed by atoms with Gasteiger partial charge in [-0.3, -0.25) is 0 Å². The molecule has 0 saturated carbocycles. The molecule has 1 aromatic rings. The molecule has 0 aliphatic carbocycles. The van der Waals surface area contributed by atoms with Gasteiger partial charge in [0.25, 0.3) is 0 Å². The number of aryl methyl sites for hydroxylation is 1. The molecule has 0 atom stereocenters. The molecule has 0 spiro atoms. The zero-order chi connectivity index (χ0) is 13.7. The van der Waals surface area contributed by atoms with E-state index in [2.05, 4.69) is 9.98 Å². The van der Waals surface area contributed by atoms with E-state index in [1.165, 1.54) is 0 Å². The lowest BCUT2D eigenvalue weighted by Gasteiger charge is -2.16. The molecule has 0 aromatic heterocycles. The third-order valence-electron chi connectivity index (χ3n) is 2.88. The molecule has 0 aliphatic heterocycles. The van der Waals surface area contributed by atoms with E-state index in [1.54, 1.807) is 12.2 Å². The molecule has 1 rings (SSSR count). The summed E-state index contributed by atoms with van der Waals surface area (Å²) in [4.78, 5) is 28.6. The number of carbonyl (C=O) groups excluding carboxylic acids is 2. The highest BCUT2D eigenvalue weighted by molar-refractivity contribution is 5.72. The fourth-order valence-electron chi connectivity index (χ4n) is 2.05. The van der Waals surface area contributed by atoms with Crippen molar-refractivity contribution in [1.82, 2.24) is 0 Å². The van der Waals surface area contributed by atoms with Gasteiger partial charge in [-0.1, -0.05) is 26.8 Å². The standard InChI is InChI=1S/C14H16N2O2/c1-5-11-13(15-7-17)10(4)6-12(9(2)3)14(11)16-8-18/h6,9H,5H2,1-4H3. The Morgan fingerprint density at radius 2 is 1.72 bits per heavy atom. The molecule has 0 radical (unpaired) electrons. The smallest absolute Gasteiger partial charge is 0.211 e. The highest BCUT2D eigenvalue weighted by Crippen LogP contribution is 2.39. The highest BCUT2D eigenvalue weighted by atomic mass is 16.1. The van der Waals surface area contributed by atoms with Gasteiger partial charge < -0.3 is 0 Å². The molecule has 0 fully saturated rings. The van der Waals surface area contributed by atoms with Crippen molar-refractivity contribution >= 4 is 23.5 Å². The maximum Gasteiger partial charge on any atom is 0.240 e. The van der Waals surface area contributed by atoms with Crippen LogP contribution in [0.5, 0.6) is 0 Å². The van der Waals surface area contributed by atoms with Crippen molar-refractivity contribution in [3.05, 3.63) is 22.8 Å². The first-order valence-corrected chi connectivity index (χ1v) is 5.88. The molecule has 4 nitrogen and oxygen atoms in total. The molecule has 18 heavy (non-hydrogen) atoms. The van der Waals surface area contributed by atoms with Crippen molar-refractivity contribution in [1.29, 1.82) is 0 Å². The maximum atomic E-state index is 10.6. The van der Waals surface area contributed by atoms with Crippen LogP contribution in [0.2, 0.25) is 0 Å². The topological polar surface area (TPSA) is 58.9 Å². The molecular weight excluding hydrogens is 228 g/mol. The Morgan fingerprint density at radius 3 is 2.17 bits per heavy atom. The summed E-state index contributed by atoms with van der Waals surface area (Å²) in [5, 5.41) is 0. The van der Waals surface area contributed by atoms with E-state index < -0.39 is 0 Å². The zero-order valence-corrected chi connectivity index (χ0v) is 11.1. The summed E-state index contributed by atoms with van der Waals surface area (Å²) in [5.74, 6) is 0.232. The Balaban J connectivity index is 3.75. The average Bonchev–Trinajstić information content (AvgIpc) is 2.33. The van der Waals surface area contributed by atoms with E-state index in [0.29, 0.717) is 17.8 Å². The Kier molecular flexibility index (Phi) is 4.73. The fraction of sp³-hybridized carbons (Fsp3) is 0.429. The lowest BCUT2D eigenvalue weighted by Crippen LogP contribution is -1.96. The van der Waals surface area contributed by atoms with Crippen LogP contribution in [0.25, 0.3) is 0 Å². The van der Waals surface area contributed by atoms with Crippen LogP contribution in [0.15, 0.2) is 16.1 Å². The van der Waals surface area contributed by atoms with Crippen LogP contribution in [0, 0.1) is 6.92 Å². The van der Waals surface area contributed by atoms with Gasteiger partial charge in [0.05, 0.1) is 11.4 Å². The molecule has 0 bridgehead atoms. The molecule has 0 aliphatic rings. The van der Waals surface area contributed by atoms with Crippen LogP contribution in [-0.2, 0) is 16.0 Å². The predicted octanol–water partition coefficient (Wildman–Crippen LogP) is 3.62. The molecule has 0 saturated heterocycles. The average molecular weight is 244 g/mol. The molecule has 1 aromatic carbocycles. The normalized spacial score (nSPS) is 9.83. The number of aliphatic imine (C=N–C) groups is 2. The summed E-state index contributed by atoms with van der Waals surface area (Å²) in [6, 6.07) is 1.91. The van der Waals surface area contributed by atoms with Crippen LogP contribution in [0.1, 0.15) is 43.4 Å². The Hall–Kier alpha value is -2.02. The third-order valence-corrected chi connectivity index (χ3v) is 2.88. The van der Waals surface area contributed by atoms with Gasteiger partial charge in [-0.2, -0.15) is 9.98 Å². The first-order chi connectivity index (χ1) is 8.56. The van der Waals surface area contributed by atoms with Gasteiger partial charge in [-0.05, 0) is 30.4 Å². The van der Waals surface area contributed by atoms with Gasteiger partial charge in [0.1, 0.15) is 0 Å². The van der Waals surface area contributed by atoms with E-state index in [1.807, 2.05) is 33.8 Å². The molecule has 0 amide bonds. The Bertz CT molecular complexity index is 549. The summed E-state index contributed by atoms with van der Waals surface area (Å²) in [7, 11) is 0. The Labute approximate surface area is 106 Å². The minimum Gasteiger partial charge on any atom is -0.211 e. The van der Waals surface area contributed by atoms with Gasteiger partial charge >= 0.3 is 0 Å². The van der Waals surface area contributed by atoms with Crippen molar-refractivity contribution in [3.63, 3.8) is 0 Å². The van der Waals surface area contributed by atoms with Gasteiger partial charge in [-0.15, -0.1) is 0 Å². The summed E-state index contributed by atoms with van der Waals surface area (Å²) < 4.78 is 0. The molecule has 0 heterocycles. The quantitative estimate of drug-likeness (QED) is 0.600. The highest BCUT2D eigenvalue weighted by Gasteiger charge is 2.16. The van der Waals surface area contributed by atoms with Crippen molar-refractivity contribution in [3.8, 4) is 0 Å². The van der Waals surface area contributed by atoms with Gasteiger partial charge in [-0.25, -0.2) is 9.59 Å². The largest absolute Gasteiger partial charge is 0.240 e. The second kappa shape index (κ2) is 6.06. The second-order valence-corrected chi connectivity index (χ2v) is 4.37. The zero-order valence-electron chi connectivity index (χ0n) is 11.1. The minimum atomic E-state index is 0.232. The van der Waals surface area contributed by atoms with Crippen LogP contribution in [0.3, 0.4) is 0 Å². The van der Waals surface area contributed by atoms with Gasteiger partial charge in [0, 0.05) is 5.56 Å². The van der Waals surface area contributed by atoms with E-state index in [4.69, 9.17) is 0 Å². The van der Waals surface area contributed by atoms with Crippen LogP contribution in [0.4, 0.5) is 11.4 Å². The van der Waals surface area contributed by atoms with E-state index in [9.17, 15) is 9.59 Å². The van der Waals surface area contributed by atoms with Crippen LogP contribution >= 0.6 is 0 Å². The van der Waals surface area contributed by atoms with Crippen molar-refractivity contribution in [2.24, 2.45) is 9.98 Å². The van der Waals surface area contributed by atoms with Crippen LogP contribution < -0.4 is 0 Å². The molecule has 0 N–H and O–H groups in total. The summed E-state index contributed by atoms with van der Waals surface area (Å²) in [6.07, 6.45) is 3.77. The lowest BCUT2D eigenvalue weighted by atomic mass is 9.92. The monoisotopic (exact) mass is 244 g/mol. The summed E-state index contributed by atoms with van der Waals surface area (Å²) >= 11 is 0.